The summed E-state index contributed by atoms with van der Waals surface area (Å²) in [5.74, 6) is -0.158. The first-order valence-corrected chi connectivity index (χ1v) is 15.9. The van der Waals surface area contributed by atoms with Crippen LogP contribution in [0.15, 0.2) is 66.2 Å². The maximum Gasteiger partial charge on any atom is 0.412 e. The average molecular weight is 629 g/mol. The smallest absolute Gasteiger partial charge is 0.412 e. The summed E-state index contributed by atoms with van der Waals surface area (Å²) in [4.78, 5) is 48.1. The lowest BCUT2D eigenvalue weighted by molar-refractivity contribution is 0.0240. The van der Waals surface area contributed by atoms with E-state index in [-0.39, 0.29) is 18.3 Å². The summed E-state index contributed by atoms with van der Waals surface area (Å²) in [6, 6.07) is 17.6. The molecule has 0 aliphatic carbocycles. The van der Waals surface area contributed by atoms with E-state index in [2.05, 4.69) is 21.3 Å². The lowest BCUT2D eigenvalue weighted by Crippen LogP contribution is -2.50. The highest BCUT2D eigenvalue weighted by Crippen LogP contribution is 2.30. The van der Waals surface area contributed by atoms with Crippen molar-refractivity contribution in [3.63, 3.8) is 0 Å². The molecule has 0 bridgehead atoms. The van der Waals surface area contributed by atoms with E-state index in [1.54, 1.807) is 43.2 Å². The lowest BCUT2D eigenvalue weighted by Gasteiger charge is -2.36. The number of amides is 2. The number of fused-ring (bicyclic) bond motifs is 1. The number of carbonyl (C=O) groups excluding carboxylic acids is 3. The molecule has 9 nitrogen and oxygen atoms in total. The Morgan fingerprint density at radius 3 is 2.27 bits per heavy atom. The van der Waals surface area contributed by atoms with Gasteiger partial charge in [0.2, 0.25) is 0 Å². The van der Waals surface area contributed by atoms with Crippen molar-refractivity contribution < 1.29 is 23.9 Å². The van der Waals surface area contributed by atoms with Crippen LogP contribution in [0.5, 0.6) is 0 Å². The van der Waals surface area contributed by atoms with Crippen molar-refractivity contribution in [1.29, 1.82) is 0 Å². The third-order valence-corrected chi connectivity index (χ3v) is 8.10. The third-order valence-electron chi connectivity index (χ3n) is 7.19. The van der Waals surface area contributed by atoms with E-state index < -0.39 is 17.3 Å². The number of nitrogens with zero attached hydrogens (tertiary/aromatic N) is 3. The fourth-order valence-electron chi connectivity index (χ4n) is 5.09. The van der Waals surface area contributed by atoms with Crippen LogP contribution < -0.4 is 10.2 Å². The van der Waals surface area contributed by atoms with Crippen molar-refractivity contribution in [2.75, 3.05) is 36.4 Å². The first-order chi connectivity index (χ1) is 21.2. The van der Waals surface area contributed by atoms with Gasteiger partial charge in [0, 0.05) is 60.4 Å². The Balaban J connectivity index is 1.30. The Labute approximate surface area is 268 Å². The number of nitrogens with one attached hydrogen (secondary N) is 1. The highest BCUT2D eigenvalue weighted by atomic mass is 32.1. The number of rotatable bonds is 6. The number of aromatic nitrogens is 1. The van der Waals surface area contributed by atoms with Gasteiger partial charge in [0.15, 0.2) is 5.78 Å². The van der Waals surface area contributed by atoms with E-state index in [0.29, 0.717) is 43.1 Å². The second-order valence-electron chi connectivity index (χ2n) is 13.1. The molecule has 0 radical (unpaired) electrons. The number of anilines is 2. The molecule has 1 saturated heterocycles. The van der Waals surface area contributed by atoms with Crippen molar-refractivity contribution >= 4 is 51.5 Å². The van der Waals surface area contributed by atoms with E-state index in [1.807, 2.05) is 74.7 Å². The zero-order valence-electron chi connectivity index (χ0n) is 26.7. The highest BCUT2D eigenvalue weighted by molar-refractivity contribution is 7.13. The van der Waals surface area contributed by atoms with Gasteiger partial charge in [-0.15, -0.1) is 11.3 Å². The number of pyridine rings is 1. The van der Waals surface area contributed by atoms with Gasteiger partial charge in [0.05, 0.1) is 0 Å². The second-order valence-corrected chi connectivity index (χ2v) is 14.1. The molecule has 0 saturated carbocycles. The zero-order valence-corrected chi connectivity index (χ0v) is 27.5. The topological polar surface area (TPSA) is 101 Å². The SMILES string of the molecule is CC(C)(C)OC(=O)Nc1ccc(-c2cccs2)cc1CC(=O)c1cc2ccc(N3CCN(C(=O)OC(C)(C)C)CC3)cc2cn1. The van der Waals surface area contributed by atoms with E-state index in [9.17, 15) is 14.4 Å². The standard InChI is InChI=1S/C35H40N4O5S/c1-34(2,3)43-32(41)37-28-12-10-24(31-8-7-17-45-31)18-25(28)21-30(40)29-20-23-9-11-27(19-26(23)22-36-29)38-13-15-39(16-14-38)33(42)44-35(4,5)6/h7-12,17-20,22H,13-16,21H2,1-6H3,(H,37,41). The van der Waals surface area contributed by atoms with Gasteiger partial charge in [-0.25, -0.2) is 9.59 Å². The summed E-state index contributed by atoms with van der Waals surface area (Å²) in [5.41, 5.74) is 2.39. The largest absolute Gasteiger partial charge is 0.444 e. The molecule has 2 aromatic carbocycles. The molecule has 1 aliphatic rings. The quantitative estimate of drug-likeness (QED) is 0.218. The maximum absolute atomic E-state index is 13.6. The second kappa shape index (κ2) is 12.9. The molecular formula is C35H40N4O5S. The molecule has 3 heterocycles. The minimum absolute atomic E-state index is 0.0584. The molecule has 2 amide bonds. The number of carbonyl (C=O) groups is 3. The van der Waals surface area contributed by atoms with Crippen molar-refractivity contribution in [2.24, 2.45) is 0 Å². The Kier molecular flexibility index (Phi) is 9.16. The van der Waals surface area contributed by atoms with E-state index in [1.165, 1.54) is 0 Å². The van der Waals surface area contributed by atoms with Gasteiger partial charge in [-0.2, -0.15) is 0 Å². The summed E-state index contributed by atoms with van der Waals surface area (Å²) in [7, 11) is 0. The minimum Gasteiger partial charge on any atom is -0.444 e. The molecule has 1 fully saturated rings. The van der Waals surface area contributed by atoms with Crippen LogP contribution in [0.25, 0.3) is 21.2 Å². The predicted octanol–water partition coefficient (Wildman–Crippen LogP) is 7.79. The molecule has 5 rings (SSSR count). The zero-order chi connectivity index (χ0) is 32.4. The van der Waals surface area contributed by atoms with Gasteiger partial charge >= 0.3 is 12.2 Å². The normalized spacial score (nSPS) is 13.9. The third kappa shape index (κ3) is 8.39. The van der Waals surface area contributed by atoms with Crippen LogP contribution in [-0.2, 0) is 15.9 Å². The molecule has 45 heavy (non-hydrogen) atoms. The molecule has 0 unspecified atom stereocenters. The Bertz CT molecular complexity index is 1700. The lowest BCUT2D eigenvalue weighted by atomic mass is 10.00. The molecule has 10 heteroatoms. The molecule has 4 aromatic rings. The molecule has 0 atom stereocenters. The summed E-state index contributed by atoms with van der Waals surface area (Å²) < 4.78 is 11.0. The van der Waals surface area contributed by atoms with Crippen LogP contribution in [0.1, 0.15) is 57.6 Å². The van der Waals surface area contributed by atoms with Crippen LogP contribution in [0.4, 0.5) is 21.0 Å². The van der Waals surface area contributed by atoms with Crippen molar-refractivity contribution in [3.05, 3.63) is 77.4 Å². The number of ketones is 1. The highest BCUT2D eigenvalue weighted by Gasteiger charge is 2.26. The van der Waals surface area contributed by atoms with Gasteiger partial charge in [0.1, 0.15) is 16.9 Å². The maximum atomic E-state index is 13.6. The summed E-state index contributed by atoms with van der Waals surface area (Å²) in [6.45, 7) is 13.6. The molecular weight excluding hydrogens is 588 g/mol. The predicted molar refractivity (Wildman–Crippen MR) is 179 cm³/mol. The number of hydrogen-bond acceptors (Lipinski definition) is 8. The molecule has 1 N–H and O–H groups in total. The van der Waals surface area contributed by atoms with Crippen LogP contribution in [-0.4, -0.2) is 65.2 Å². The average Bonchev–Trinajstić information content (AvgIpc) is 3.51. The Hall–Kier alpha value is -4.44. The molecule has 236 valence electrons. The van der Waals surface area contributed by atoms with E-state index >= 15 is 0 Å². The summed E-state index contributed by atoms with van der Waals surface area (Å²) >= 11 is 1.61. The monoisotopic (exact) mass is 628 g/mol. The number of hydrogen-bond donors (Lipinski definition) is 1. The van der Waals surface area contributed by atoms with Crippen molar-refractivity contribution in [2.45, 2.75) is 59.2 Å². The number of benzene rings is 2. The van der Waals surface area contributed by atoms with Crippen molar-refractivity contribution in [1.82, 2.24) is 9.88 Å². The van der Waals surface area contributed by atoms with Gasteiger partial charge in [-0.3, -0.25) is 15.1 Å². The first kappa shape index (κ1) is 32.0. The van der Waals surface area contributed by atoms with Crippen molar-refractivity contribution in [3.8, 4) is 10.4 Å². The van der Waals surface area contributed by atoms with Crippen LogP contribution in [0.3, 0.4) is 0 Å². The number of Topliss-reactive ketones (excluding diaryl/α,β-unsaturated/α-hetero) is 1. The molecule has 1 aliphatic heterocycles. The first-order valence-electron chi connectivity index (χ1n) is 15.1. The van der Waals surface area contributed by atoms with Gasteiger partial charge in [-0.1, -0.05) is 18.2 Å². The van der Waals surface area contributed by atoms with Crippen LogP contribution >= 0.6 is 11.3 Å². The fraction of sp³-hybridized carbons (Fsp3) is 0.371. The van der Waals surface area contributed by atoms with Crippen LogP contribution in [0.2, 0.25) is 0 Å². The van der Waals surface area contributed by atoms with Gasteiger partial charge in [0.25, 0.3) is 0 Å². The van der Waals surface area contributed by atoms with Gasteiger partial charge in [-0.05, 0) is 99.8 Å². The molecule has 0 spiro atoms. The van der Waals surface area contributed by atoms with Crippen LogP contribution in [0, 0.1) is 0 Å². The van der Waals surface area contributed by atoms with Gasteiger partial charge < -0.3 is 19.3 Å². The number of ether oxygens (including phenoxy) is 2. The number of piperazine rings is 1. The number of thiophene rings is 1. The van der Waals surface area contributed by atoms with E-state index in [0.717, 1.165) is 26.9 Å². The summed E-state index contributed by atoms with van der Waals surface area (Å²) in [5, 5.41) is 6.65. The minimum atomic E-state index is -0.652. The fourth-order valence-corrected chi connectivity index (χ4v) is 5.81. The Morgan fingerprint density at radius 1 is 0.867 bits per heavy atom. The van der Waals surface area contributed by atoms with E-state index in [4.69, 9.17) is 9.47 Å². The molecule has 2 aromatic heterocycles. The summed E-state index contributed by atoms with van der Waals surface area (Å²) in [6.07, 6.45) is 0.923. The Morgan fingerprint density at radius 2 is 1.60 bits per heavy atom.